The monoisotopic (exact) mass is 327 g/mol. The zero-order valence-electron chi connectivity index (χ0n) is 11.3. The Balaban J connectivity index is 0.00000220. The van der Waals surface area contributed by atoms with Crippen LogP contribution in [0, 0.1) is 5.92 Å². The van der Waals surface area contributed by atoms with E-state index in [9.17, 15) is 17.6 Å². The zero-order valence-corrected chi connectivity index (χ0v) is 12.1. The van der Waals surface area contributed by atoms with Gasteiger partial charge in [-0.2, -0.15) is 17.6 Å². The normalized spacial score (nSPS) is 17.6. The summed E-state index contributed by atoms with van der Waals surface area (Å²) in [4.78, 5) is 0. The molecule has 1 aliphatic rings. The van der Waals surface area contributed by atoms with Gasteiger partial charge in [-0.3, -0.25) is 0 Å². The number of ether oxygens (including phenoxy) is 1. The van der Waals surface area contributed by atoms with Crippen molar-refractivity contribution in [3.8, 4) is 5.75 Å². The molecule has 1 atom stereocenters. The fourth-order valence-corrected chi connectivity index (χ4v) is 2.55. The summed E-state index contributed by atoms with van der Waals surface area (Å²) in [6.45, 7) is 0. The molecule has 1 fully saturated rings. The second-order valence-corrected chi connectivity index (χ2v) is 5.10. The van der Waals surface area contributed by atoms with E-state index < -0.39 is 12.5 Å². The van der Waals surface area contributed by atoms with Crippen molar-refractivity contribution in [3.05, 3.63) is 29.8 Å². The Bertz CT molecular complexity index is 435. The lowest BCUT2D eigenvalue weighted by Crippen LogP contribution is -2.33. The summed E-state index contributed by atoms with van der Waals surface area (Å²) in [6.07, 6.45) is -3.91. The van der Waals surface area contributed by atoms with E-state index in [0.29, 0.717) is 5.92 Å². The minimum absolute atomic E-state index is 0. The molecule has 1 saturated carbocycles. The highest BCUT2D eigenvalue weighted by molar-refractivity contribution is 5.85. The van der Waals surface area contributed by atoms with Crippen molar-refractivity contribution in [2.75, 3.05) is 0 Å². The second kappa shape index (κ2) is 7.31. The van der Waals surface area contributed by atoms with Crippen molar-refractivity contribution in [2.45, 2.75) is 44.3 Å². The lowest BCUT2D eigenvalue weighted by atomic mass is 9.92. The summed E-state index contributed by atoms with van der Waals surface area (Å²) >= 11 is 0. The number of alkyl halides is 4. The molecule has 0 unspecified atom stereocenters. The lowest BCUT2D eigenvalue weighted by Gasteiger charge is -2.20. The van der Waals surface area contributed by atoms with Crippen molar-refractivity contribution >= 4 is 12.4 Å². The van der Waals surface area contributed by atoms with Crippen molar-refractivity contribution in [3.63, 3.8) is 0 Å². The first-order valence-corrected chi connectivity index (χ1v) is 6.60. The van der Waals surface area contributed by atoms with Gasteiger partial charge in [0, 0.05) is 6.04 Å². The first-order valence-electron chi connectivity index (χ1n) is 6.60. The van der Waals surface area contributed by atoms with Crippen LogP contribution in [-0.2, 0) is 0 Å². The van der Waals surface area contributed by atoms with Gasteiger partial charge in [0.05, 0.1) is 0 Å². The van der Waals surface area contributed by atoms with Gasteiger partial charge < -0.3 is 10.5 Å². The van der Waals surface area contributed by atoms with Gasteiger partial charge in [-0.15, -0.1) is 12.4 Å². The van der Waals surface area contributed by atoms with Crippen molar-refractivity contribution < 1.29 is 22.3 Å². The number of benzene rings is 1. The summed E-state index contributed by atoms with van der Waals surface area (Å²) in [5, 5.41) is 0. The molecule has 0 saturated heterocycles. The fraction of sp³-hybridized carbons (Fsp3) is 0.571. The lowest BCUT2D eigenvalue weighted by molar-refractivity contribution is -0.253. The van der Waals surface area contributed by atoms with E-state index in [2.05, 4.69) is 4.74 Å². The van der Waals surface area contributed by atoms with E-state index >= 15 is 0 Å². The molecular formula is C14H18ClF4NO. The number of hydrogen-bond acceptors (Lipinski definition) is 2. The molecule has 21 heavy (non-hydrogen) atoms. The van der Waals surface area contributed by atoms with Crippen LogP contribution in [0.2, 0.25) is 0 Å². The molecule has 0 aliphatic heterocycles. The molecule has 120 valence electrons. The van der Waals surface area contributed by atoms with E-state index in [1.54, 1.807) is 12.1 Å². The Labute approximate surface area is 127 Å². The highest BCUT2D eigenvalue weighted by atomic mass is 35.5. The Kier molecular flexibility index (Phi) is 6.28. The average molecular weight is 328 g/mol. The van der Waals surface area contributed by atoms with Crippen LogP contribution in [0.5, 0.6) is 5.75 Å². The molecule has 0 spiro atoms. The van der Waals surface area contributed by atoms with Crippen LogP contribution < -0.4 is 10.5 Å². The minimum Gasteiger partial charge on any atom is -0.428 e. The fourth-order valence-electron chi connectivity index (χ4n) is 2.55. The van der Waals surface area contributed by atoms with E-state index in [1.807, 2.05) is 0 Å². The van der Waals surface area contributed by atoms with E-state index in [4.69, 9.17) is 5.73 Å². The maximum absolute atomic E-state index is 12.7. The van der Waals surface area contributed by atoms with Gasteiger partial charge in [-0.1, -0.05) is 25.0 Å². The molecule has 7 heteroatoms. The van der Waals surface area contributed by atoms with Crippen LogP contribution in [0.4, 0.5) is 17.6 Å². The van der Waals surface area contributed by atoms with Crippen LogP contribution in [0.3, 0.4) is 0 Å². The number of hydrogen-bond donors (Lipinski definition) is 1. The number of halogens is 5. The van der Waals surface area contributed by atoms with Crippen molar-refractivity contribution in [2.24, 2.45) is 11.7 Å². The molecule has 2 nitrogen and oxygen atoms in total. The summed E-state index contributed by atoms with van der Waals surface area (Å²) in [6, 6.07) is 5.46. The zero-order chi connectivity index (χ0) is 14.8. The molecule has 0 radical (unpaired) electrons. The van der Waals surface area contributed by atoms with Gasteiger partial charge in [-0.25, -0.2) is 0 Å². The van der Waals surface area contributed by atoms with E-state index in [-0.39, 0.29) is 24.2 Å². The predicted molar refractivity (Wildman–Crippen MR) is 74.2 cm³/mol. The van der Waals surface area contributed by atoms with Crippen molar-refractivity contribution in [1.82, 2.24) is 0 Å². The molecule has 2 rings (SSSR count). The third-order valence-electron chi connectivity index (χ3n) is 3.68. The maximum atomic E-state index is 12.7. The van der Waals surface area contributed by atoms with Crippen LogP contribution >= 0.6 is 12.4 Å². The highest BCUT2D eigenvalue weighted by Crippen LogP contribution is 2.35. The topological polar surface area (TPSA) is 35.2 Å². The maximum Gasteiger partial charge on any atom is 0.461 e. The van der Waals surface area contributed by atoms with Gasteiger partial charge in [0.1, 0.15) is 5.75 Å². The minimum atomic E-state index is -4.48. The van der Waals surface area contributed by atoms with Gasteiger partial charge >= 0.3 is 12.5 Å². The van der Waals surface area contributed by atoms with Gasteiger partial charge in [-0.05, 0) is 36.5 Å². The molecule has 1 aromatic rings. The summed E-state index contributed by atoms with van der Waals surface area (Å²) in [5.74, 6) is 0.0990. The van der Waals surface area contributed by atoms with Crippen LogP contribution in [0.1, 0.15) is 37.3 Å². The molecular weight excluding hydrogens is 310 g/mol. The Morgan fingerprint density at radius 2 is 1.62 bits per heavy atom. The molecule has 1 aromatic carbocycles. The molecule has 0 amide bonds. The first-order chi connectivity index (χ1) is 9.40. The second-order valence-electron chi connectivity index (χ2n) is 5.10. The average Bonchev–Trinajstić information content (AvgIpc) is 2.92. The Hall–Kier alpha value is -1.01. The molecule has 1 aliphatic carbocycles. The number of rotatable bonds is 5. The third-order valence-corrected chi connectivity index (χ3v) is 3.68. The Morgan fingerprint density at radius 3 is 2.10 bits per heavy atom. The quantitative estimate of drug-likeness (QED) is 0.806. The first kappa shape index (κ1) is 18.0. The van der Waals surface area contributed by atoms with Crippen LogP contribution in [-0.4, -0.2) is 12.5 Å². The predicted octanol–water partition coefficient (Wildman–Crippen LogP) is 4.54. The third kappa shape index (κ3) is 4.48. The molecule has 0 bridgehead atoms. The number of nitrogens with two attached hydrogens (primary N) is 1. The summed E-state index contributed by atoms with van der Waals surface area (Å²) < 4.78 is 53.5. The molecule has 2 N–H and O–H groups in total. The van der Waals surface area contributed by atoms with Crippen molar-refractivity contribution in [1.29, 1.82) is 0 Å². The summed E-state index contributed by atoms with van der Waals surface area (Å²) in [7, 11) is 0. The molecule has 0 heterocycles. The SMILES string of the molecule is Cl.N[C@@H](c1ccc(OC(F)(F)C(F)F)cc1)C1CCCC1. The van der Waals surface area contributed by atoms with Gasteiger partial charge in [0.2, 0.25) is 0 Å². The van der Waals surface area contributed by atoms with Crippen LogP contribution in [0.15, 0.2) is 24.3 Å². The van der Waals surface area contributed by atoms with E-state index in [1.165, 1.54) is 12.1 Å². The standard InChI is InChI=1S/C14H17F4NO.ClH/c15-13(16)14(17,18)20-11-7-5-10(6-8-11)12(19)9-3-1-2-4-9;/h5-9,12-13H,1-4,19H2;1H/t12-;/m1./s1. The highest BCUT2D eigenvalue weighted by Gasteiger charge is 2.43. The Morgan fingerprint density at radius 1 is 1.10 bits per heavy atom. The van der Waals surface area contributed by atoms with Gasteiger partial charge in [0.15, 0.2) is 0 Å². The smallest absolute Gasteiger partial charge is 0.428 e. The van der Waals surface area contributed by atoms with Crippen LogP contribution in [0.25, 0.3) is 0 Å². The largest absolute Gasteiger partial charge is 0.461 e. The van der Waals surface area contributed by atoms with E-state index in [0.717, 1.165) is 31.2 Å². The summed E-state index contributed by atoms with van der Waals surface area (Å²) in [5.41, 5.74) is 6.93. The molecule has 0 aromatic heterocycles. The van der Waals surface area contributed by atoms with Gasteiger partial charge in [0.25, 0.3) is 0 Å².